The lowest BCUT2D eigenvalue weighted by atomic mass is 9.81. The van der Waals surface area contributed by atoms with E-state index in [0.29, 0.717) is 24.3 Å². The van der Waals surface area contributed by atoms with Crippen LogP contribution in [0.4, 0.5) is 4.39 Å². The number of likely N-dealkylation sites (N-methyl/N-ethyl adjacent to an activating group) is 1. The number of rotatable bonds is 5. The summed E-state index contributed by atoms with van der Waals surface area (Å²) < 4.78 is 14.4. The van der Waals surface area contributed by atoms with Gasteiger partial charge >= 0.3 is 0 Å². The van der Waals surface area contributed by atoms with Crippen molar-refractivity contribution < 1.29 is 14.3 Å². The summed E-state index contributed by atoms with van der Waals surface area (Å²) in [6.07, 6.45) is 17.0. The molecule has 36 heavy (non-hydrogen) atoms. The number of aliphatic hydroxyl groups is 1. The zero-order valence-electron chi connectivity index (χ0n) is 23.7. The van der Waals surface area contributed by atoms with Gasteiger partial charge in [0, 0.05) is 31.3 Å². The number of hydrogen-bond acceptors (Lipinski definition) is 4. The van der Waals surface area contributed by atoms with E-state index >= 15 is 0 Å². The van der Waals surface area contributed by atoms with Crippen LogP contribution in [0.25, 0.3) is 0 Å². The maximum atomic E-state index is 14.4. The second kappa shape index (κ2) is 16.7. The molecule has 3 unspecified atom stereocenters. The molecule has 0 radical (unpaired) electrons. The molecule has 3 atom stereocenters. The third kappa shape index (κ3) is 11.4. The maximum Gasteiger partial charge on any atom is 0.267 e. The predicted octanol–water partition coefficient (Wildman–Crippen LogP) is 6.57. The average molecular weight is 506 g/mol. The fraction of sp³-hybridized carbons (Fsp3) is 0.733. The number of carbonyl (C=O) groups excluding carboxylic acids is 1. The minimum Gasteiger partial charge on any atom is -0.394 e. The SMILES string of the molecule is CC.CC1=CC=CC(C)CC1O.CNC(=O)/C(N)=C1\CC(C)(F)CCC1=NCCCC1CCCCC1. The van der Waals surface area contributed by atoms with E-state index in [2.05, 4.69) is 23.3 Å². The number of nitrogens with two attached hydrogens (primary N) is 1. The van der Waals surface area contributed by atoms with Crippen LogP contribution in [0.3, 0.4) is 0 Å². The monoisotopic (exact) mass is 505 g/mol. The van der Waals surface area contributed by atoms with Gasteiger partial charge in [0.05, 0.1) is 6.10 Å². The molecule has 2 saturated carbocycles. The smallest absolute Gasteiger partial charge is 0.267 e. The van der Waals surface area contributed by atoms with E-state index in [1.165, 1.54) is 45.6 Å². The number of hydrogen-bond donors (Lipinski definition) is 3. The van der Waals surface area contributed by atoms with Gasteiger partial charge in [-0.05, 0) is 63.4 Å². The molecular weight excluding hydrogens is 453 g/mol. The quantitative estimate of drug-likeness (QED) is 0.291. The molecule has 3 rings (SSSR count). The molecular formula is C30H52FN3O2. The van der Waals surface area contributed by atoms with Crippen LogP contribution >= 0.6 is 0 Å². The number of nitrogens with zero attached hydrogens (tertiary/aromatic N) is 1. The number of alkyl halides is 1. The highest BCUT2D eigenvalue weighted by atomic mass is 19.1. The zero-order valence-corrected chi connectivity index (χ0v) is 23.7. The number of aliphatic hydroxyl groups excluding tert-OH is 1. The van der Waals surface area contributed by atoms with Crippen molar-refractivity contribution in [3.8, 4) is 0 Å². The van der Waals surface area contributed by atoms with Crippen molar-refractivity contribution >= 4 is 11.6 Å². The van der Waals surface area contributed by atoms with Gasteiger partial charge in [-0.25, -0.2) is 4.39 Å². The van der Waals surface area contributed by atoms with Crippen LogP contribution in [0.1, 0.15) is 105 Å². The van der Waals surface area contributed by atoms with Crippen LogP contribution in [0.2, 0.25) is 0 Å². The number of allylic oxidation sites excluding steroid dienone is 4. The molecule has 0 spiro atoms. The molecule has 5 nitrogen and oxygen atoms in total. The molecule has 0 heterocycles. The van der Waals surface area contributed by atoms with Gasteiger partial charge in [0.2, 0.25) is 0 Å². The Balaban J connectivity index is 0.000000450. The van der Waals surface area contributed by atoms with Crippen LogP contribution in [0.15, 0.2) is 40.1 Å². The second-order valence-electron chi connectivity index (χ2n) is 10.6. The molecule has 0 bridgehead atoms. The van der Waals surface area contributed by atoms with Crippen LogP contribution in [-0.4, -0.2) is 42.1 Å². The molecule has 2 fully saturated rings. The Labute approximate surface area is 219 Å². The molecule has 3 aliphatic carbocycles. The van der Waals surface area contributed by atoms with Crippen molar-refractivity contribution in [2.75, 3.05) is 13.6 Å². The van der Waals surface area contributed by atoms with Gasteiger partial charge < -0.3 is 16.2 Å². The van der Waals surface area contributed by atoms with E-state index in [1.54, 1.807) is 6.92 Å². The van der Waals surface area contributed by atoms with E-state index in [4.69, 9.17) is 5.73 Å². The minimum atomic E-state index is -1.31. The van der Waals surface area contributed by atoms with Crippen molar-refractivity contribution in [2.24, 2.45) is 22.6 Å². The molecule has 3 aliphatic rings. The topological polar surface area (TPSA) is 87.7 Å². The third-order valence-corrected chi connectivity index (χ3v) is 7.29. The zero-order chi connectivity index (χ0) is 27.1. The number of amides is 1. The summed E-state index contributed by atoms with van der Waals surface area (Å²) in [5, 5.41) is 11.9. The standard InChI is InChI=1S/C19H32FN3O.C9H14O.C2H6/c1-19(20)11-10-16(15(13-19)17(21)18(24)22-2)23-12-6-9-14-7-4-3-5-8-14;1-7-4-3-5-8(2)9(10)6-7;1-2/h14H,3-13,21H2,1-2H3,(H,22,24);3-5,7,9-10H,6H2,1-2H3;1-2H3/b17-15-,23-16?;;. The van der Waals surface area contributed by atoms with Crippen LogP contribution in [0, 0.1) is 11.8 Å². The molecule has 0 aromatic carbocycles. The summed E-state index contributed by atoms with van der Waals surface area (Å²) in [6.45, 7) is 10.4. The first-order valence-electron chi connectivity index (χ1n) is 14.1. The fourth-order valence-corrected chi connectivity index (χ4v) is 4.98. The van der Waals surface area contributed by atoms with Crippen LogP contribution < -0.4 is 11.1 Å². The molecule has 0 aliphatic heterocycles. The number of carbonyl (C=O) groups is 1. The van der Waals surface area contributed by atoms with Crippen molar-refractivity contribution in [1.82, 2.24) is 5.32 Å². The fourth-order valence-electron chi connectivity index (χ4n) is 4.98. The Hall–Kier alpha value is -1.95. The van der Waals surface area contributed by atoms with E-state index < -0.39 is 5.67 Å². The van der Waals surface area contributed by atoms with Crippen LogP contribution in [0.5, 0.6) is 0 Å². The second-order valence-corrected chi connectivity index (χ2v) is 10.6. The Kier molecular flexibility index (Phi) is 14.9. The number of nitrogens with one attached hydrogen (secondary N) is 1. The van der Waals surface area contributed by atoms with E-state index in [1.807, 2.05) is 32.9 Å². The van der Waals surface area contributed by atoms with Gasteiger partial charge in [-0.2, -0.15) is 0 Å². The molecule has 0 aromatic rings. The van der Waals surface area contributed by atoms with E-state index in [0.717, 1.165) is 36.6 Å². The van der Waals surface area contributed by atoms with Gasteiger partial charge in [-0.3, -0.25) is 9.79 Å². The number of halogens is 1. The third-order valence-electron chi connectivity index (χ3n) is 7.29. The van der Waals surface area contributed by atoms with Gasteiger partial charge in [0.25, 0.3) is 5.91 Å². The van der Waals surface area contributed by atoms with Crippen molar-refractivity contribution in [1.29, 1.82) is 0 Å². The average Bonchev–Trinajstić information content (AvgIpc) is 3.02. The highest BCUT2D eigenvalue weighted by molar-refractivity contribution is 6.08. The highest BCUT2D eigenvalue weighted by Crippen LogP contribution is 2.34. The first-order valence-corrected chi connectivity index (χ1v) is 14.1. The molecule has 6 heteroatoms. The Morgan fingerprint density at radius 3 is 2.58 bits per heavy atom. The lowest BCUT2D eigenvalue weighted by Crippen LogP contribution is -2.34. The summed E-state index contributed by atoms with van der Waals surface area (Å²) in [6, 6.07) is 0. The Morgan fingerprint density at radius 1 is 1.28 bits per heavy atom. The molecule has 4 N–H and O–H groups in total. The van der Waals surface area contributed by atoms with Gasteiger partial charge in [-0.15, -0.1) is 0 Å². The minimum absolute atomic E-state index is 0.118. The van der Waals surface area contributed by atoms with Gasteiger partial charge in [-0.1, -0.05) is 71.1 Å². The molecule has 0 saturated heterocycles. The molecule has 206 valence electrons. The van der Waals surface area contributed by atoms with Gasteiger partial charge in [0.15, 0.2) is 0 Å². The Morgan fingerprint density at radius 2 is 1.94 bits per heavy atom. The predicted molar refractivity (Wildman–Crippen MR) is 151 cm³/mol. The lowest BCUT2D eigenvalue weighted by Gasteiger charge is -2.29. The molecule has 1 amide bonds. The summed E-state index contributed by atoms with van der Waals surface area (Å²) in [4.78, 5) is 16.5. The van der Waals surface area contributed by atoms with Crippen molar-refractivity contribution in [3.63, 3.8) is 0 Å². The number of aliphatic imine (C=N–C) groups is 1. The summed E-state index contributed by atoms with van der Waals surface area (Å²) in [5.41, 5.74) is 7.26. The van der Waals surface area contributed by atoms with E-state index in [-0.39, 0.29) is 24.1 Å². The van der Waals surface area contributed by atoms with Crippen molar-refractivity contribution in [2.45, 2.75) is 117 Å². The van der Waals surface area contributed by atoms with Gasteiger partial charge in [0.1, 0.15) is 11.4 Å². The largest absolute Gasteiger partial charge is 0.394 e. The Bertz CT molecular complexity index is 792. The van der Waals surface area contributed by atoms with Crippen LogP contribution in [-0.2, 0) is 4.79 Å². The maximum absolute atomic E-state index is 14.4. The first kappa shape index (κ1) is 32.1. The lowest BCUT2D eigenvalue weighted by molar-refractivity contribution is -0.117. The highest BCUT2D eigenvalue weighted by Gasteiger charge is 2.34. The summed E-state index contributed by atoms with van der Waals surface area (Å²) in [5.74, 6) is 1.01. The first-order chi connectivity index (χ1) is 17.1. The molecule has 0 aromatic heterocycles. The summed E-state index contributed by atoms with van der Waals surface area (Å²) in [7, 11) is 1.54. The van der Waals surface area contributed by atoms with E-state index in [9.17, 15) is 14.3 Å². The summed E-state index contributed by atoms with van der Waals surface area (Å²) >= 11 is 0. The van der Waals surface area contributed by atoms with Crippen molar-refractivity contribution in [3.05, 3.63) is 35.1 Å². The normalized spacial score (nSPS) is 29.1.